The maximum Gasteiger partial charge on any atom is 0.472 e. The van der Waals surface area contributed by atoms with E-state index >= 15 is 0 Å². The molecule has 100 heavy (non-hydrogen) atoms. The van der Waals surface area contributed by atoms with E-state index in [4.69, 9.17) is 37.0 Å². The Labute approximate surface area is 606 Å². The molecule has 0 bridgehead atoms. The van der Waals surface area contributed by atoms with Crippen molar-refractivity contribution in [1.29, 1.82) is 0 Å². The lowest BCUT2D eigenvalue weighted by Crippen LogP contribution is -2.30. The van der Waals surface area contributed by atoms with Crippen molar-refractivity contribution in [3.05, 3.63) is 122 Å². The molecule has 0 aromatic rings. The molecule has 19 heteroatoms. The van der Waals surface area contributed by atoms with Crippen LogP contribution in [0.5, 0.6) is 0 Å². The minimum atomic E-state index is -5.00. The molecule has 0 heterocycles. The average molecular weight is 1450 g/mol. The van der Waals surface area contributed by atoms with Gasteiger partial charge in [-0.25, -0.2) is 9.13 Å². The number of aliphatic hydroxyl groups excluding tert-OH is 1. The Kier molecular flexibility index (Phi) is 69.5. The Morgan fingerprint density at radius 1 is 0.290 bits per heavy atom. The fourth-order valence-electron chi connectivity index (χ4n) is 10.1. The van der Waals surface area contributed by atoms with Crippen LogP contribution < -0.4 is 0 Å². The number of aliphatic hydroxyl groups is 1. The summed E-state index contributed by atoms with van der Waals surface area (Å²) in [6, 6.07) is 0. The molecule has 0 saturated carbocycles. The Morgan fingerprint density at radius 3 is 0.860 bits per heavy atom. The van der Waals surface area contributed by atoms with Gasteiger partial charge in [0.1, 0.15) is 19.3 Å². The highest BCUT2D eigenvalue weighted by Gasteiger charge is 2.30. The van der Waals surface area contributed by atoms with E-state index in [1.165, 1.54) is 83.5 Å². The van der Waals surface area contributed by atoms with Crippen molar-refractivity contribution in [3.63, 3.8) is 0 Å². The molecule has 0 aromatic heterocycles. The molecule has 0 fully saturated rings. The van der Waals surface area contributed by atoms with Gasteiger partial charge in [0, 0.05) is 25.7 Å². The van der Waals surface area contributed by atoms with E-state index in [9.17, 15) is 43.2 Å². The topological polar surface area (TPSA) is 237 Å². The van der Waals surface area contributed by atoms with E-state index in [2.05, 4.69) is 131 Å². The van der Waals surface area contributed by atoms with Crippen LogP contribution in [0, 0.1) is 0 Å². The van der Waals surface area contributed by atoms with Crippen molar-refractivity contribution < 1.29 is 80.2 Å². The molecule has 574 valence electrons. The van der Waals surface area contributed by atoms with Crippen molar-refractivity contribution in [3.8, 4) is 0 Å². The fourth-order valence-corrected chi connectivity index (χ4v) is 11.7. The van der Waals surface area contributed by atoms with Crippen LogP contribution in [0.2, 0.25) is 0 Å². The maximum absolute atomic E-state index is 13.1. The zero-order chi connectivity index (χ0) is 73.2. The monoisotopic (exact) mass is 1440 g/mol. The number of rotatable bonds is 72. The maximum atomic E-state index is 13.1. The highest BCUT2D eigenvalue weighted by Crippen LogP contribution is 2.45. The van der Waals surface area contributed by atoms with Gasteiger partial charge in [-0.2, -0.15) is 0 Å². The Morgan fingerprint density at radius 2 is 0.540 bits per heavy atom. The first-order valence-corrected chi connectivity index (χ1v) is 41.8. The van der Waals surface area contributed by atoms with Crippen LogP contribution in [0.1, 0.15) is 310 Å². The largest absolute Gasteiger partial charge is 0.472 e. The summed E-state index contributed by atoms with van der Waals surface area (Å²) in [5, 5.41) is 10.6. The standard InChI is InChI=1S/C81H138O17P2/c1-5-9-13-17-21-25-29-31-33-35-37-39-41-43-47-50-54-58-62-66-79(84)92-72-77(98-81(86)68-64-60-56-52-48-44-42-40-38-36-34-32-30-26-22-18-14-10-6-2)74-96-100(89,90)94-70-75(82)69-93-99(87,88)95-73-76(97-80(85)67-63-59-55-51-46-28-24-20-16-12-8-4)71-91-78(83)65-61-57-53-49-45-27-23-19-15-11-7-3/h9-10,13-14,21-22,25-26,31-34,37-40,43,47,54,58,75-77,82H,5-8,11-12,15-20,23-24,27-30,35-36,41-42,44-46,48-53,55-57,59-74H2,1-4H3,(H,87,88)(H,89,90)/b13-9-,14-10-,25-21-,26-22-,33-31-,34-32-,39-37-,40-38-,47-43-,58-54-. The number of carbonyl (C=O) groups excluding carboxylic acids is 4. The molecule has 5 unspecified atom stereocenters. The molecule has 0 aliphatic heterocycles. The third-order valence-corrected chi connectivity index (χ3v) is 17.9. The second kappa shape index (κ2) is 72.8. The number of allylic oxidation sites excluding steroid dienone is 20. The van der Waals surface area contributed by atoms with Gasteiger partial charge in [0.05, 0.1) is 26.4 Å². The second-order valence-corrected chi connectivity index (χ2v) is 28.5. The number of ether oxygens (including phenoxy) is 4. The molecule has 0 spiro atoms. The minimum absolute atomic E-state index is 0.0308. The van der Waals surface area contributed by atoms with E-state index in [-0.39, 0.29) is 25.7 Å². The molecule has 0 amide bonds. The minimum Gasteiger partial charge on any atom is -0.462 e. The van der Waals surface area contributed by atoms with Crippen molar-refractivity contribution in [2.24, 2.45) is 0 Å². The van der Waals surface area contributed by atoms with E-state index in [1.807, 2.05) is 18.2 Å². The molecule has 0 aromatic carbocycles. The number of unbranched alkanes of at least 4 members (excludes halogenated alkanes) is 26. The van der Waals surface area contributed by atoms with Gasteiger partial charge in [0.15, 0.2) is 12.2 Å². The van der Waals surface area contributed by atoms with Crippen LogP contribution in [0.4, 0.5) is 0 Å². The quantitative estimate of drug-likeness (QED) is 0.0169. The first-order chi connectivity index (χ1) is 48.7. The molecule has 3 N–H and O–H groups in total. The smallest absolute Gasteiger partial charge is 0.462 e. The fraction of sp³-hybridized carbons (Fsp3) is 0.704. The Hall–Kier alpha value is -4.54. The van der Waals surface area contributed by atoms with Gasteiger partial charge >= 0.3 is 39.5 Å². The van der Waals surface area contributed by atoms with Crippen molar-refractivity contribution in [2.75, 3.05) is 39.6 Å². The van der Waals surface area contributed by atoms with Gasteiger partial charge in [-0.1, -0.05) is 303 Å². The normalized spacial score (nSPS) is 14.6. The van der Waals surface area contributed by atoms with Gasteiger partial charge in [-0.3, -0.25) is 37.3 Å². The molecular weight excluding hydrogens is 1310 g/mol. The summed E-state index contributed by atoms with van der Waals surface area (Å²) in [5.41, 5.74) is 0. The van der Waals surface area contributed by atoms with Gasteiger partial charge in [-0.15, -0.1) is 0 Å². The summed E-state index contributed by atoms with van der Waals surface area (Å²) in [7, 11) is -9.97. The van der Waals surface area contributed by atoms with Crippen LogP contribution in [0.25, 0.3) is 0 Å². The number of hydrogen-bond acceptors (Lipinski definition) is 15. The van der Waals surface area contributed by atoms with Crippen molar-refractivity contribution in [1.82, 2.24) is 0 Å². The summed E-state index contributed by atoms with van der Waals surface area (Å²) in [6.45, 7) is 4.54. The molecule has 0 rings (SSSR count). The first kappa shape index (κ1) is 95.5. The average Bonchev–Trinajstić information content (AvgIpc) is 1.06. The zero-order valence-corrected chi connectivity index (χ0v) is 64.4. The number of carbonyl (C=O) groups is 4. The predicted molar refractivity (Wildman–Crippen MR) is 408 cm³/mol. The SMILES string of the molecule is CC/C=C\C/C=C\C/C=C\C/C=C\C/C=C\C/C=C\CCC(=O)OCC(COP(=O)(O)OCC(O)COP(=O)(O)OCC(COC(=O)CCCCCCCCCCCCC)OC(=O)CCCCCCCCCCCCC)OC(=O)CCCCCCCC/C=C\C/C=C\C/C=C\C/C=C\CC. The van der Waals surface area contributed by atoms with Crippen LogP contribution in [0.15, 0.2) is 122 Å². The Bertz CT molecular complexity index is 2370. The summed E-state index contributed by atoms with van der Waals surface area (Å²) in [4.78, 5) is 72.8. The summed E-state index contributed by atoms with van der Waals surface area (Å²) in [6.07, 6.45) is 79.2. The van der Waals surface area contributed by atoms with Gasteiger partial charge in [-0.05, 0) is 103 Å². The molecular formula is C81H138O17P2. The lowest BCUT2D eigenvalue weighted by molar-refractivity contribution is -0.161. The van der Waals surface area contributed by atoms with Gasteiger partial charge in [0.2, 0.25) is 0 Å². The zero-order valence-electron chi connectivity index (χ0n) is 62.6. The van der Waals surface area contributed by atoms with Crippen LogP contribution in [0.3, 0.4) is 0 Å². The number of esters is 4. The second-order valence-electron chi connectivity index (χ2n) is 25.5. The highest BCUT2D eigenvalue weighted by molar-refractivity contribution is 7.47. The predicted octanol–water partition coefficient (Wildman–Crippen LogP) is 22.3. The molecule has 0 aliphatic carbocycles. The lowest BCUT2D eigenvalue weighted by Gasteiger charge is -2.21. The molecule has 5 atom stereocenters. The van der Waals surface area contributed by atoms with Crippen LogP contribution >= 0.6 is 15.6 Å². The lowest BCUT2D eigenvalue weighted by atomic mass is 10.1. The first-order valence-electron chi connectivity index (χ1n) is 38.8. The van der Waals surface area contributed by atoms with Crippen LogP contribution in [-0.2, 0) is 65.4 Å². The highest BCUT2D eigenvalue weighted by atomic mass is 31.2. The van der Waals surface area contributed by atoms with E-state index in [1.54, 1.807) is 0 Å². The van der Waals surface area contributed by atoms with Crippen LogP contribution in [-0.4, -0.2) is 96.7 Å². The third kappa shape index (κ3) is 71.8. The Balaban J connectivity index is 5.40. The third-order valence-electron chi connectivity index (χ3n) is 16.0. The van der Waals surface area contributed by atoms with Crippen molar-refractivity contribution in [2.45, 2.75) is 329 Å². The van der Waals surface area contributed by atoms with Gasteiger partial charge < -0.3 is 33.8 Å². The number of phosphoric acid groups is 2. The van der Waals surface area contributed by atoms with E-state index in [0.717, 1.165) is 141 Å². The van der Waals surface area contributed by atoms with E-state index in [0.29, 0.717) is 32.1 Å². The molecule has 0 saturated heterocycles. The summed E-state index contributed by atoms with van der Waals surface area (Å²) >= 11 is 0. The molecule has 0 radical (unpaired) electrons. The number of hydrogen-bond donors (Lipinski definition) is 3. The van der Waals surface area contributed by atoms with E-state index < -0.39 is 97.5 Å². The number of phosphoric ester groups is 2. The molecule has 17 nitrogen and oxygen atoms in total. The summed E-state index contributed by atoms with van der Waals surface area (Å²) in [5.74, 6) is -2.28. The molecule has 0 aliphatic rings. The van der Waals surface area contributed by atoms with Gasteiger partial charge in [0.25, 0.3) is 0 Å². The summed E-state index contributed by atoms with van der Waals surface area (Å²) < 4.78 is 68.4. The van der Waals surface area contributed by atoms with Crippen molar-refractivity contribution >= 4 is 39.5 Å².